The summed E-state index contributed by atoms with van der Waals surface area (Å²) in [6, 6.07) is 0. The second kappa shape index (κ2) is 7.38. The van der Waals surface area contributed by atoms with E-state index < -0.39 is 0 Å². The van der Waals surface area contributed by atoms with Crippen LogP contribution in [0.25, 0.3) is 0 Å². The molecule has 0 aromatic carbocycles. The number of hydrogen-bond acceptors (Lipinski definition) is 2. The highest BCUT2D eigenvalue weighted by Gasteiger charge is 2.66. The normalized spacial score (nSPS) is 45.0. The second-order valence-corrected chi connectivity index (χ2v) is 10.8. The van der Waals surface area contributed by atoms with E-state index in [1.165, 1.54) is 51.4 Å². The predicted octanol–water partition coefficient (Wildman–Crippen LogP) is 6.77. The summed E-state index contributed by atoms with van der Waals surface area (Å²) in [6.45, 7) is 9.61. The highest BCUT2D eigenvalue weighted by Crippen LogP contribution is 2.72. The van der Waals surface area contributed by atoms with Gasteiger partial charge in [0.2, 0.25) is 0 Å². The molecule has 0 saturated heterocycles. The minimum absolute atomic E-state index is 0.120. The van der Waals surface area contributed by atoms with Gasteiger partial charge in [-0.25, -0.2) is 0 Å². The van der Waals surface area contributed by atoms with E-state index in [9.17, 15) is 4.79 Å². The van der Waals surface area contributed by atoms with Crippen LogP contribution in [0.5, 0.6) is 0 Å². The summed E-state index contributed by atoms with van der Waals surface area (Å²) < 4.78 is 6.20. The van der Waals surface area contributed by atoms with E-state index in [2.05, 4.69) is 27.7 Å². The lowest BCUT2D eigenvalue weighted by Crippen LogP contribution is -2.41. The molecule has 0 aromatic rings. The second-order valence-electron chi connectivity index (χ2n) is 10.8. The highest BCUT2D eigenvalue weighted by atomic mass is 16.6. The van der Waals surface area contributed by atoms with Gasteiger partial charge in [-0.05, 0) is 92.3 Å². The van der Waals surface area contributed by atoms with Crippen molar-refractivity contribution in [3.05, 3.63) is 0 Å². The van der Waals surface area contributed by atoms with Crippen LogP contribution in [0.15, 0.2) is 0 Å². The van der Waals surface area contributed by atoms with Crippen molar-refractivity contribution in [3.63, 3.8) is 0 Å². The number of hydrogen-bond donors (Lipinski definition) is 0. The van der Waals surface area contributed by atoms with Crippen molar-refractivity contribution < 1.29 is 9.53 Å². The monoisotopic (exact) mass is 374 g/mol. The predicted molar refractivity (Wildman–Crippen MR) is 110 cm³/mol. The molecule has 2 nitrogen and oxygen atoms in total. The summed E-state index contributed by atoms with van der Waals surface area (Å²) in [5, 5.41) is 0. The Hall–Kier alpha value is -0.530. The molecule has 4 aliphatic carbocycles. The maximum atomic E-state index is 13.0. The van der Waals surface area contributed by atoms with Crippen molar-refractivity contribution in [2.45, 2.75) is 110 Å². The third kappa shape index (κ3) is 3.08. The van der Waals surface area contributed by atoms with Crippen molar-refractivity contribution >= 4 is 5.97 Å². The average molecular weight is 375 g/mol. The first-order valence-corrected chi connectivity index (χ1v) is 12.2. The maximum absolute atomic E-state index is 13.0. The Labute approximate surface area is 167 Å². The van der Waals surface area contributed by atoms with Crippen LogP contribution in [0, 0.1) is 40.9 Å². The fourth-order valence-corrected chi connectivity index (χ4v) is 8.69. The molecule has 0 heterocycles. The quantitative estimate of drug-likeness (QED) is 0.480. The maximum Gasteiger partial charge on any atom is 0.306 e. The zero-order valence-electron chi connectivity index (χ0n) is 18.3. The lowest BCUT2D eigenvalue weighted by molar-refractivity contribution is -0.166. The summed E-state index contributed by atoms with van der Waals surface area (Å²) >= 11 is 0. The first-order valence-electron chi connectivity index (χ1n) is 12.2. The molecular weight excluding hydrogens is 332 g/mol. The molecule has 0 N–H and O–H groups in total. The van der Waals surface area contributed by atoms with Crippen LogP contribution in [0.4, 0.5) is 0 Å². The first kappa shape index (κ1) is 19.8. The van der Waals surface area contributed by atoms with Gasteiger partial charge in [0.1, 0.15) is 5.60 Å². The molecule has 4 rings (SSSR count). The van der Waals surface area contributed by atoms with Gasteiger partial charge < -0.3 is 4.74 Å². The topological polar surface area (TPSA) is 26.3 Å². The molecule has 2 heteroatoms. The Morgan fingerprint density at radius 1 is 0.963 bits per heavy atom. The molecule has 4 fully saturated rings. The molecule has 4 aliphatic rings. The lowest BCUT2D eigenvalue weighted by Gasteiger charge is -2.45. The van der Waals surface area contributed by atoms with Gasteiger partial charge in [-0.1, -0.05) is 47.0 Å². The largest absolute Gasteiger partial charge is 0.459 e. The van der Waals surface area contributed by atoms with Gasteiger partial charge in [0.05, 0.1) is 0 Å². The molecule has 7 unspecified atom stereocenters. The Kier molecular flexibility index (Phi) is 5.40. The molecule has 0 aromatic heterocycles. The van der Waals surface area contributed by atoms with Crippen LogP contribution in [0.2, 0.25) is 0 Å². The third-order valence-corrected chi connectivity index (χ3v) is 9.92. The van der Waals surface area contributed by atoms with Crippen molar-refractivity contribution in [2.75, 3.05) is 0 Å². The molecule has 0 radical (unpaired) electrons. The average Bonchev–Trinajstić information content (AvgIpc) is 3.29. The molecule has 2 bridgehead atoms. The number of ether oxygens (including phenoxy) is 1. The summed E-state index contributed by atoms with van der Waals surface area (Å²) in [5.41, 5.74) is 0.364. The van der Waals surface area contributed by atoms with Crippen LogP contribution in [-0.4, -0.2) is 11.6 Å². The number of fused-ring (bicyclic) bond motifs is 5. The van der Waals surface area contributed by atoms with Crippen molar-refractivity contribution in [1.82, 2.24) is 0 Å². The van der Waals surface area contributed by atoms with Crippen molar-refractivity contribution in [2.24, 2.45) is 40.9 Å². The van der Waals surface area contributed by atoms with E-state index >= 15 is 0 Å². The van der Waals surface area contributed by atoms with Gasteiger partial charge >= 0.3 is 5.97 Å². The van der Waals surface area contributed by atoms with Gasteiger partial charge in [-0.3, -0.25) is 4.79 Å². The van der Waals surface area contributed by atoms with E-state index in [1.807, 2.05) is 0 Å². The Morgan fingerprint density at radius 2 is 1.70 bits per heavy atom. The fraction of sp³-hybridized carbons (Fsp3) is 0.960. The number of carbonyl (C=O) groups is 1. The van der Waals surface area contributed by atoms with E-state index in [0.717, 1.165) is 48.9 Å². The molecule has 7 atom stereocenters. The Bertz CT molecular complexity index is 549. The molecule has 0 aliphatic heterocycles. The zero-order valence-corrected chi connectivity index (χ0v) is 18.3. The van der Waals surface area contributed by atoms with Crippen molar-refractivity contribution in [3.8, 4) is 0 Å². The van der Waals surface area contributed by atoms with Crippen molar-refractivity contribution in [1.29, 1.82) is 0 Å². The zero-order chi connectivity index (χ0) is 19.2. The van der Waals surface area contributed by atoms with Crippen LogP contribution in [0.1, 0.15) is 105 Å². The minimum Gasteiger partial charge on any atom is -0.459 e. The standard InChI is InChI=1S/C25H42O2/c1-5-17-14-20(6-2)24(4)21-15-19(23(17)24)13-18(21)16-22(26)27-25(7-3)11-9-8-10-12-25/h17-21,23H,5-16H2,1-4H3. The summed E-state index contributed by atoms with van der Waals surface area (Å²) in [7, 11) is 0. The van der Waals surface area contributed by atoms with Crippen LogP contribution >= 0.6 is 0 Å². The fourth-order valence-electron chi connectivity index (χ4n) is 8.69. The lowest BCUT2D eigenvalue weighted by atomic mass is 9.59. The number of carbonyl (C=O) groups excluding carboxylic acids is 1. The molecule has 4 saturated carbocycles. The van der Waals surface area contributed by atoms with Gasteiger partial charge in [0.15, 0.2) is 0 Å². The molecule has 0 amide bonds. The molecule has 27 heavy (non-hydrogen) atoms. The summed E-state index contributed by atoms with van der Waals surface area (Å²) in [5.74, 6) is 5.11. The van der Waals surface area contributed by atoms with Gasteiger partial charge in [-0.15, -0.1) is 0 Å². The first-order chi connectivity index (χ1) is 13.0. The van der Waals surface area contributed by atoms with Gasteiger partial charge in [-0.2, -0.15) is 0 Å². The van der Waals surface area contributed by atoms with Crippen LogP contribution < -0.4 is 0 Å². The van der Waals surface area contributed by atoms with Crippen LogP contribution in [0.3, 0.4) is 0 Å². The van der Waals surface area contributed by atoms with E-state index in [0.29, 0.717) is 17.8 Å². The van der Waals surface area contributed by atoms with Gasteiger partial charge in [0, 0.05) is 6.42 Å². The molecule has 0 spiro atoms. The third-order valence-electron chi connectivity index (χ3n) is 9.92. The van der Waals surface area contributed by atoms with E-state index in [-0.39, 0.29) is 11.6 Å². The smallest absolute Gasteiger partial charge is 0.306 e. The summed E-state index contributed by atoms with van der Waals surface area (Å²) in [6.07, 6.45) is 14.4. The highest BCUT2D eigenvalue weighted by molar-refractivity contribution is 5.70. The van der Waals surface area contributed by atoms with Gasteiger partial charge in [0.25, 0.3) is 0 Å². The Morgan fingerprint density at radius 3 is 2.33 bits per heavy atom. The number of rotatable bonds is 6. The SMILES string of the molecule is CCC1CC(CC)C2(C)C3CC(CC3CC(=O)OC3(CC)CCCCC3)C12. The Balaban J connectivity index is 1.44. The minimum atomic E-state index is -0.133. The van der Waals surface area contributed by atoms with Crippen LogP contribution in [-0.2, 0) is 9.53 Å². The summed E-state index contributed by atoms with van der Waals surface area (Å²) in [4.78, 5) is 13.0. The van der Waals surface area contributed by atoms with E-state index in [1.54, 1.807) is 0 Å². The number of esters is 1. The molecular formula is C25H42O2. The van der Waals surface area contributed by atoms with E-state index in [4.69, 9.17) is 4.74 Å². The molecule has 154 valence electrons.